The van der Waals surface area contributed by atoms with E-state index in [4.69, 9.17) is 24.2 Å². The van der Waals surface area contributed by atoms with Crippen LogP contribution in [0.2, 0.25) is 0 Å². The van der Waals surface area contributed by atoms with Crippen LogP contribution in [0.5, 0.6) is 0 Å². The molecule has 5 aromatic rings. The number of benzene rings is 2. The van der Waals surface area contributed by atoms with Gasteiger partial charge in [0.2, 0.25) is 11.8 Å². The molecule has 3 aromatic heterocycles. The van der Waals surface area contributed by atoms with E-state index in [1.807, 2.05) is 37.1 Å². The van der Waals surface area contributed by atoms with Crippen molar-refractivity contribution in [2.24, 2.45) is 11.8 Å². The highest BCUT2D eigenvalue weighted by Gasteiger charge is 2.41. The molecule has 59 heavy (non-hydrogen) atoms. The average Bonchev–Trinajstić information content (AvgIpc) is 4.10. The molecular weight excluding hydrogens is 755 g/mol. The molecule has 3 aliphatic heterocycles. The Hall–Kier alpha value is -6.03. The number of pyridine rings is 1. The minimum absolute atomic E-state index is 0.0364. The van der Waals surface area contributed by atoms with Gasteiger partial charge in [-0.3, -0.25) is 14.6 Å². The van der Waals surface area contributed by atoms with E-state index in [9.17, 15) is 19.2 Å². The Morgan fingerprint density at radius 1 is 0.746 bits per heavy atom. The highest BCUT2D eigenvalue weighted by Crippen LogP contribution is 2.36. The fourth-order valence-electron chi connectivity index (χ4n) is 8.77. The van der Waals surface area contributed by atoms with Crippen LogP contribution < -0.4 is 10.6 Å². The quantitative estimate of drug-likeness (QED) is 0.129. The second kappa shape index (κ2) is 17.1. The highest BCUT2D eigenvalue weighted by atomic mass is 16.5. The number of nitrogens with zero attached hydrogens (tertiary/aromatic N) is 5. The lowest BCUT2D eigenvalue weighted by atomic mass is 9.90. The fourth-order valence-corrected chi connectivity index (χ4v) is 8.77. The zero-order valence-electron chi connectivity index (χ0n) is 33.8. The highest BCUT2D eigenvalue weighted by molar-refractivity contribution is 5.90. The van der Waals surface area contributed by atoms with Crippen LogP contribution >= 0.6 is 0 Å². The molecule has 6 heterocycles. The van der Waals surface area contributed by atoms with Crippen LogP contribution in [0.1, 0.15) is 76.1 Å². The largest absolute Gasteiger partial charge is 0.453 e. The van der Waals surface area contributed by atoms with Crippen LogP contribution in [0.15, 0.2) is 54.9 Å². The topological polar surface area (TPSA) is 197 Å². The monoisotopic (exact) mass is 805 g/mol. The third-order valence-electron chi connectivity index (χ3n) is 12.0. The van der Waals surface area contributed by atoms with Crippen LogP contribution in [0.3, 0.4) is 0 Å². The van der Waals surface area contributed by atoms with E-state index in [0.29, 0.717) is 45.0 Å². The molecule has 2 aromatic carbocycles. The molecule has 0 saturated carbocycles. The maximum atomic E-state index is 14.0. The number of amides is 4. The molecule has 4 atom stereocenters. The first-order valence-corrected chi connectivity index (χ1v) is 20.4. The molecule has 4 N–H and O–H groups in total. The number of carbonyl (C=O) groups excluding carboxylic acids is 4. The third-order valence-corrected chi connectivity index (χ3v) is 12.0. The number of nitrogens with one attached hydrogen (secondary N) is 4. The zero-order chi connectivity index (χ0) is 41.2. The Balaban J connectivity index is 0.979. The summed E-state index contributed by atoms with van der Waals surface area (Å²) in [4.78, 5) is 77.0. The van der Waals surface area contributed by atoms with Crippen LogP contribution in [-0.2, 0) is 23.8 Å². The molecular formula is C43H51N9O7. The molecule has 0 unspecified atom stereocenters. The fraction of sp³-hybridized carbons (Fsp3) is 0.465. The molecule has 3 aliphatic rings. The Labute approximate surface area is 341 Å². The summed E-state index contributed by atoms with van der Waals surface area (Å²) in [6.07, 6.45) is 6.92. The minimum atomic E-state index is -0.703. The first-order chi connectivity index (χ1) is 28.6. The lowest BCUT2D eigenvalue weighted by Gasteiger charge is -2.34. The number of methoxy groups -OCH3 is 2. The Morgan fingerprint density at radius 3 is 2.15 bits per heavy atom. The second-order valence-electron chi connectivity index (χ2n) is 16.0. The number of aromatic nitrogens is 5. The smallest absolute Gasteiger partial charge is 0.407 e. The number of ether oxygens (including phenoxy) is 3. The summed E-state index contributed by atoms with van der Waals surface area (Å²) in [7, 11) is 2.59. The summed E-state index contributed by atoms with van der Waals surface area (Å²) < 4.78 is 15.2. The Morgan fingerprint density at radius 2 is 1.42 bits per heavy atom. The molecule has 16 nitrogen and oxygen atoms in total. The number of aromatic amines is 2. The van der Waals surface area contributed by atoms with Crippen LogP contribution in [0, 0.1) is 11.8 Å². The summed E-state index contributed by atoms with van der Waals surface area (Å²) in [5, 5.41) is 6.48. The number of hydrogen-bond acceptors (Lipinski definition) is 10. The number of fused-ring (bicyclic) bond motifs is 2. The summed E-state index contributed by atoms with van der Waals surface area (Å²) in [5.74, 6) is 0.993. The standard InChI is InChI=1S/C43H51N9O7/c1-24(2)36(49-42(55)57-3)40(53)51-15-5-7-34(51)38-45-23-33(48-38)29-19-28-10-9-26(20-31(28)44-22-29)27-11-12-30-32(21-27)47-39(46-30)35-8-6-16-52(35)41(54)37(50-43(56)58-4)25-13-17-59-18-14-25/h9-12,19-25,34-37H,5-8,13-18H2,1-4H3,(H,45,48)(H,46,47)(H,49,55)(H,50,56)/t34-,35-,36-,37-/m0/s1. The van der Waals surface area contributed by atoms with Crippen LogP contribution in [-0.4, -0.2) is 111 Å². The first kappa shape index (κ1) is 39.8. The normalized spacial score (nSPS) is 19.6. The molecule has 310 valence electrons. The summed E-state index contributed by atoms with van der Waals surface area (Å²) in [5.41, 5.74) is 6.18. The summed E-state index contributed by atoms with van der Waals surface area (Å²) in [6, 6.07) is 12.5. The van der Waals surface area contributed by atoms with E-state index >= 15 is 0 Å². The number of rotatable bonds is 10. The van der Waals surface area contributed by atoms with E-state index in [0.717, 1.165) is 75.8 Å². The Bertz CT molecular complexity index is 2350. The lowest BCUT2D eigenvalue weighted by Crippen LogP contribution is -2.53. The van der Waals surface area contributed by atoms with Crippen molar-refractivity contribution in [1.29, 1.82) is 0 Å². The van der Waals surface area contributed by atoms with Crippen molar-refractivity contribution in [1.82, 2.24) is 45.4 Å². The molecule has 4 amide bonds. The van der Waals surface area contributed by atoms with Gasteiger partial charge in [0.05, 0.1) is 54.7 Å². The molecule has 16 heteroatoms. The van der Waals surface area contributed by atoms with Crippen LogP contribution in [0.25, 0.3) is 44.3 Å². The van der Waals surface area contributed by atoms with Gasteiger partial charge in [0.15, 0.2) is 0 Å². The number of H-pyrrole nitrogens is 2. The van der Waals surface area contributed by atoms with E-state index in [-0.39, 0.29) is 35.7 Å². The molecule has 3 saturated heterocycles. The predicted octanol–water partition coefficient (Wildman–Crippen LogP) is 6.03. The summed E-state index contributed by atoms with van der Waals surface area (Å²) in [6.45, 7) is 6.06. The lowest BCUT2D eigenvalue weighted by molar-refractivity contribution is -0.137. The molecule has 8 rings (SSSR count). The van der Waals surface area contributed by atoms with Gasteiger partial charge in [0.25, 0.3) is 0 Å². The van der Waals surface area contributed by atoms with Gasteiger partial charge in [0.1, 0.15) is 23.7 Å². The van der Waals surface area contributed by atoms with Gasteiger partial charge in [-0.05, 0) is 85.8 Å². The first-order valence-electron chi connectivity index (χ1n) is 20.4. The van der Waals surface area contributed by atoms with E-state index in [2.05, 4.69) is 55.9 Å². The molecule has 0 spiro atoms. The van der Waals surface area contributed by atoms with Crippen molar-refractivity contribution >= 4 is 45.9 Å². The SMILES string of the molecule is COC(=O)N[C@H](C(=O)N1CCC[C@H]1c1ncc(-c2cnc3cc(-c4ccc5nc([C@@H]6CCCN6C(=O)[C@@H](NC(=O)OC)C6CCOCC6)[nH]c5c4)ccc3c2)[nH]1)C(C)C. The van der Waals surface area contributed by atoms with Gasteiger partial charge in [-0.25, -0.2) is 19.6 Å². The second-order valence-corrected chi connectivity index (χ2v) is 16.0. The third kappa shape index (κ3) is 8.18. The minimum Gasteiger partial charge on any atom is -0.453 e. The van der Waals surface area contributed by atoms with Crippen molar-refractivity contribution in [2.45, 2.75) is 76.5 Å². The number of alkyl carbamates (subject to hydrolysis) is 2. The summed E-state index contributed by atoms with van der Waals surface area (Å²) >= 11 is 0. The maximum Gasteiger partial charge on any atom is 0.407 e. The van der Waals surface area contributed by atoms with Crippen molar-refractivity contribution in [3.05, 3.63) is 66.5 Å². The molecule has 3 fully saturated rings. The van der Waals surface area contributed by atoms with Crippen molar-refractivity contribution in [3.63, 3.8) is 0 Å². The van der Waals surface area contributed by atoms with Gasteiger partial charge in [-0.1, -0.05) is 32.0 Å². The number of likely N-dealkylation sites (tertiary alicyclic amines) is 2. The number of imidazole rings is 2. The maximum absolute atomic E-state index is 14.0. The van der Waals surface area contributed by atoms with Crippen molar-refractivity contribution < 1.29 is 33.4 Å². The molecule has 0 bridgehead atoms. The molecule has 0 aliphatic carbocycles. The van der Waals surface area contributed by atoms with Crippen molar-refractivity contribution in [2.75, 3.05) is 40.5 Å². The molecule has 0 radical (unpaired) electrons. The average molecular weight is 806 g/mol. The van der Waals surface area contributed by atoms with E-state index in [1.54, 1.807) is 11.1 Å². The van der Waals surface area contributed by atoms with Gasteiger partial charge >= 0.3 is 12.2 Å². The van der Waals surface area contributed by atoms with Gasteiger partial charge in [-0.2, -0.15) is 0 Å². The van der Waals surface area contributed by atoms with Gasteiger partial charge in [0, 0.05) is 43.4 Å². The van der Waals surface area contributed by atoms with E-state index in [1.165, 1.54) is 14.2 Å². The van der Waals surface area contributed by atoms with Gasteiger partial charge < -0.3 is 44.6 Å². The zero-order valence-corrected chi connectivity index (χ0v) is 33.8. The Kier molecular flexibility index (Phi) is 11.5. The number of hydrogen-bond donors (Lipinski definition) is 4. The van der Waals surface area contributed by atoms with E-state index < -0.39 is 24.3 Å². The van der Waals surface area contributed by atoms with Crippen LogP contribution in [0.4, 0.5) is 9.59 Å². The van der Waals surface area contributed by atoms with Crippen molar-refractivity contribution in [3.8, 4) is 22.4 Å². The predicted molar refractivity (Wildman–Crippen MR) is 219 cm³/mol. The van der Waals surface area contributed by atoms with Gasteiger partial charge in [-0.15, -0.1) is 0 Å². The number of carbonyl (C=O) groups is 4.